The lowest BCUT2D eigenvalue weighted by Crippen LogP contribution is -2.30. The van der Waals surface area contributed by atoms with E-state index in [1.165, 1.54) is 0 Å². The average Bonchev–Trinajstić information content (AvgIpc) is 3.20. The fourth-order valence-corrected chi connectivity index (χ4v) is 3.51. The molecular weight excluding hydrogens is 360 g/mol. The standard InChI is InChI=1S/C21H20N2O3S/c1-26-19-7-3-2-5-17(19)13-23(14-18-6-4-12-27-18)21(25)16-10-8-15(9-11-16)20(22)24/h2-12H,13-14H2,1H3,(H2,22,24). The van der Waals surface area contributed by atoms with Gasteiger partial charge in [0.05, 0.1) is 20.2 Å². The monoisotopic (exact) mass is 380 g/mol. The van der Waals surface area contributed by atoms with Crippen LogP contribution in [0, 0.1) is 0 Å². The Morgan fingerprint density at radius 3 is 2.30 bits per heavy atom. The van der Waals surface area contributed by atoms with Crippen LogP contribution in [0.25, 0.3) is 0 Å². The summed E-state index contributed by atoms with van der Waals surface area (Å²) in [6, 6.07) is 18.0. The summed E-state index contributed by atoms with van der Waals surface area (Å²) in [5, 5.41) is 1.99. The molecule has 6 heteroatoms. The van der Waals surface area contributed by atoms with Gasteiger partial charge in [-0.1, -0.05) is 24.3 Å². The van der Waals surface area contributed by atoms with Gasteiger partial charge in [-0.15, -0.1) is 11.3 Å². The van der Waals surface area contributed by atoms with E-state index in [1.807, 2.05) is 41.8 Å². The van der Waals surface area contributed by atoms with Gasteiger partial charge in [0.15, 0.2) is 0 Å². The lowest BCUT2D eigenvalue weighted by atomic mass is 10.1. The Hall–Kier alpha value is -3.12. The number of amides is 2. The maximum absolute atomic E-state index is 13.1. The van der Waals surface area contributed by atoms with Gasteiger partial charge in [0.1, 0.15) is 5.75 Å². The van der Waals surface area contributed by atoms with Crippen molar-refractivity contribution in [3.63, 3.8) is 0 Å². The number of hydrogen-bond acceptors (Lipinski definition) is 4. The minimum Gasteiger partial charge on any atom is -0.496 e. The molecule has 3 rings (SSSR count). The molecule has 2 N–H and O–H groups in total. The predicted octanol–water partition coefficient (Wildman–Crippen LogP) is 3.70. The summed E-state index contributed by atoms with van der Waals surface area (Å²) in [6.45, 7) is 0.907. The molecule has 0 atom stereocenters. The summed E-state index contributed by atoms with van der Waals surface area (Å²) >= 11 is 1.60. The molecule has 0 aliphatic heterocycles. The normalized spacial score (nSPS) is 10.4. The molecule has 0 spiro atoms. The lowest BCUT2D eigenvalue weighted by molar-refractivity contribution is 0.0730. The summed E-state index contributed by atoms with van der Waals surface area (Å²) < 4.78 is 5.42. The Labute approximate surface area is 162 Å². The van der Waals surface area contributed by atoms with E-state index in [0.717, 1.165) is 16.2 Å². The second-order valence-corrected chi connectivity index (χ2v) is 7.03. The van der Waals surface area contributed by atoms with Gasteiger partial charge in [-0.2, -0.15) is 0 Å². The number of hydrogen-bond donors (Lipinski definition) is 1. The second kappa shape index (κ2) is 8.51. The Morgan fingerprint density at radius 2 is 1.67 bits per heavy atom. The number of carbonyl (C=O) groups excluding carboxylic acids is 2. The number of methoxy groups -OCH3 is 1. The molecule has 0 aliphatic carbocycles. The molecule has 1 aromatic heterocycles. The minimum atomic E-state index is -0.515. The Bertz CT molecular complexity index is 921. The van der Waals surface area contributed by atoms with Crippen LogP contribution in [0.3, 0.4) is 0 Å². The highest BCUT2D eigenvalue weighted by Gasteiger charge is 2.19. The number of para-hydroxylation sites is 1. The summed E-state index contributed by atoms with van der Waals surface area (Å²) in [4.78, 5) is 27.2. The van der Waals surface area contributed by atoms with E-state index in [4.69, 9.17) is 10.5 Å². The van der Waals surface area contributed by atoms with Crippen molar-refractivity contribution < 1.29 is 14.3 Å². The van der Waals surface area contributed by atoms with Crippen LogP contribution in [0.2, 0.25) is 0 Å². The highest BCUT2D eigenvalue weighted by Crippen LogP contribution is 2.23. The molecular formula is C21H20N2O3S. The van der Waals surface area contributed by atoms with Gasteiger partial charge in [-0.25, -0.2) is 0 Å². The zero-order valence-corrected chi connectivity index (χ0v) is 15.7. The molecule has 0 fully saturated rings. The Morgan fingerprint density at radius 1 is 0.963 bits per heavy atom. The predicted molar refractivity (Wildman–Crippen MR) is 106 cm³/mol. The second-order valence-electron chi connectivity index (χ2n) is 5.99. The lowest BCUT2D eigenvalue weighted by Gasteiger charge is -2.23. The number of benzene rings is 2. The summed E-state index contributed by atoms with van der Waals surface area (Å²) in [5.74, 6) is 0.106. The van der Waals surface area contributed by atoms with Crippen molar-refractivity contribution in [1.29, 1.82) is 0 Å². The summed E-state index contributed by atoms with van der Waals surface area (Å²) in [5.41, 5.74) is 7.09. The van der Waals surface area contributed by atoms with Crippen LogP contribution in [-0.4, -0.2) is 23.8 Å². The first-order valence-electron chi connectivity index (χ1n) is 8.42. The smallest absolute Gasteiger partial charge is 0.254 e. The van der Waals surface area contributed by atoms with Crippen LogP contribution in [-0.2, 0) is 13.1 Å². The largest absolute Gasteiger partial charge is 0.496 e. The number of ether oxygens (including phenoxy) is 1. The van der Waals surface area contributed by atoms with Gasteiger partial charge in [0.2, 0.25) is 5.91 Å². The minimum absolute atomic E-state index is 0.120. The zero-order chi connectivity index (χ0) is 19.2. The van der Waals surface area contributed by atoms with Gasteiger partial charge < -0.3 is 15.4 Å². The average molecular weight is 380 g/mol. The van der Waals surface area contributed by atoms with Crippen LogP contribution in [0.4, 0.5) is 0 Å². The molecule has 3 aromatic rings. The fourth-order valence-electron chi connectivity index (χ4n) is 2.79. The van der Waals surface area contributed by atoms with Crippen LogP contribution >= 0.6 is 11.3 Å². The van der Waals surface area contributed by atoms with Crippen molar-refractivity contribution in [3.8, 4) is 5.75 Å². The van der Waals surface area contributed by atoms with Crippen LogP contribution in [0.5, 0.6) is 5.75 Å². The van der Waals surface area contributed by atoms with Crippen molar-refractivity contribution in [2.24, 2.45) is 5.73 Å². The number of nitrogens with zero attached hydrogens (tertiary/aromatic N) is 1. The van der Waals surface area contributed by atoms with Crippen molar-refractivity contribution in [2.45, 2.75) is 13.1 Å². The Balaban J connectivity index is 1.88. The maximum Gasteiger partial charge on any atom is 0.254 e. The third kappa shape index (κ3) is 4.54. The highest BCUT2D eigenvalue weighted by molar-refractivity contribution is 7.09. The topological polar surface area (TPSA) is 72.6 Å². The number of thiophene rings is 1. The van der Waals surface area contributed by atoms with E-state index in [9.17, 15) is 9.59 Å². The number of nitrogens with two attached hydrogens (primary N) is 1. The molecule has 0 unspecified atom stereocenters. The molecule has 2 amide bonds. The molecule has 0 aliphatic rings. The molecule has 27 heavy (non-hydrogen) atoms. The molecule has 1 heterocycles. The highest BCUT2D eigenvalue weighted by atomic mass is 32.1. The van der Waals surface area contributed by atoms with Gasteiger partial charge in [0.25, 0.3) is 5.91 Å². The molecule has 0 saturated carbocycles. The summed E-state index contributed by atoms with van der Waals surface area (Å²) in [6.07, 6.45) is 0. The van der Waals surface area contributed by atoms with E-state index in [0.29, 0.717) is 24.2 Å². The van der Waals surface area contributed by atoms with Crippen molar-refractivity contribution in [2.75, 3.05) is 7.11 Å². The molecule has 0 saturated heterocycles. The van der Waals surface area contributed by atoms with Crippen molar-refractivity contribution >= 4 is 23.2 Å². The third-order valence-corrected chi connectivity index (χ3v) is 5.05. The molecule has 0 radical (unpaired) electrons. The molecule has 138 valence electrons. The van der Waals surface area contributed by atoms with E-state index in [1.54, 1.807) is 47.6 Å². The fraction of sp³-hybridized carbons (Fsp3) is 0.143. The first-order valence-corrected chi connectivity index (χ1v) is 9.30. The van der Waals surface area contributed by atoms with Gasteiger partial charge >= 0.3 is 0 Å². The van der Waals surface area contributed by atoms with Crippen LogP contribution < -0.4 is 10.5 Å². The SMILES string of the molecule is COc1ccccc1CN(Cc1cccs1)C(=O)c1ccc(C(N)=O)cc1. The first-order chi connectivity index (χ1) is 13.1. The van der Waals surface area contributed by atoms with Crippen LogP contribution in [0.1, 0.15) is 31.2 Å². The first kappa shape index (κ1) is 18.7. The quantitative estimate of drug-likeness (QED) is 0.679. The van der Waals surface area contributed by atoms with E-state index < -0.39 is 5.91 Å². The van der Waals surface area contributed by atoms with E-state index >= 15 is 0 Å². The molecule has 5 nitrogen and oxygen atoms in total. The third-order valence-electron chi connectivity index (χ3n) is 4.18. The zero-order valence-electron chi connectivity index (χ0n) is 14.9. The number of primary amides is 1. The van der Waals surface area contributed by atoms with Crippen LogP contribution in [0.15, 0.2) is 66.0 Å². The Kier molecular flexibility index (Phi) is 5.88. The number of carbonyl (C=O) groups is 2. The molecule has 2 aromatic carbocycles. The molecule has 0 bridgehead atoms. The summed E-state index contributed by atoms with van der Waals surface area (Å²) in [7, 11) is 1.62. The van der Waals surface area contributed by atoms with Crippen molar-refractivity contribution in [1.82, 2.24) is 4.90 Å². The number of rotatable bonds is 7. The van der Waals surface area contributed by atoms with Gasteiger partial charge in [-0.3, -0.25) is 9.59 Å². The van der Waals surface area contributed by atoms with Gasteiger partial charge in [-0.05, 0) is 41.8 Å². The van der Waals surface area contributed by atoms with Gasteiger partial charge in [0, 0.05) is 21.6 Å². The maximum atomic E-state index is 13.1. The van der Waals surface area contributed by atoms with Crippen molar-refractivity contribution in [3.05, 3.63) is 87.6 Å². The van der Waals surface area contributed by atoms with E-state index in [-0.39, 0.29) is 5.91 Å². The van der Waals surface area contributed by atoms with E-state index in [2.05, 4.69) is 0 Å².